The van der Waals surface area contributed by atoms with Crippen LogP contribution in [0, 0.1) is 12.7 Å². The Morgan fingerprint density at radius 1 is 1.19 bits per heavy atom. The molecule has 0 fully saturated rings. The van der Waals surface area contributed by atoms with Gasteiger partial charge in [0.2, 0.25) is 5.91 Å². The summed E-state index contributed by atoms with van der Waals surface area (Å²) in [6.45, 7) is 2.15. The van der Waals surface area contributed by atoms with E-state index in [9.17, 15) is 9.18 Å². The number of carbonyl (C=O) groups is 1. The maximum atomic E-state index is 13.4. The van der Waals surface area contributed by atoms with Crippen molar-refractivity contribution >= 4 is 11.6 Å². The van der Waals surface area contributed by atoms with Crippen molar-refractivity contribution in [2.75, 3.05) is 11.9 Å². The summed E-state index contributed by atoms with van der Waals surface area (Å²) < 4.78 is 18.9. The number of anilines is 1. The van der Waals surface area contributed by atoms with Gasteiger partial charge in [-0.2, -0.15) is 0 Å². The number of halogens is 1. The highest BCUT2D eigenvalue weighted by Crippen LogP contribution is 2.14. The summed E-state index contributed by atoms with van der Waals surface area (Å²) in [6, 6.07) is 14.1. The molecule has 0 saturated heterocycles. The number of para-hydroxylation sites is 1. The molecule has 2 rings (SSSR count). The normalized spacial score (nSPS) is 10.2. The molecule has 3 nitrogen and oxygen atoms in total. The zero-order valence-electron chi connectivity index (χ0n) is 11.9. The maximum Gasteiger partial charge on any atom is 0.224 e. The zero-order chi connectivity index (χ0) is 15.1. The summed E-state index contributed by atoms with van der Waals surface area (Å²) >= 11 is 0. The van der Waals surface area contributed by atoms with E-state index >= 15 is 0 Å². The van der Waals surface area contributed by atoms with Gasteiger partial charge in [-0.05, 0) is 43.2 Å². The maximum absolute atomic E-state index is 13.4. The van der Waals surface area contributed by atoms with Crippen LogP contribution in [-0.2, 0) is 4.79 Å². The van der Waals surface area contributed by atoms with Gasteiger partial charge in [0.1, 0.15) is 11.6 Å². The first-order chi connectivity index (χ1) is 10.1. The van der Waals surface area contributed by atoms with Gasteiger partial charge in [-0.1, -0.05) is 24.3 Å². The topological polar surface area (TPSA) is 38.3 Å². The molecule has 0 aliphatic carbocycles. The molecule has 2 aromatic rings. The molecule has 0 aliphatic rings. The van der Waals surface area contributed by atoms with Crippen LogP contribution in [-0.4, -0.2) is 12.5 Å². The molecular formula is C17H18FNO2. The molecule has 2 aromatic carbocycles. The second kappa shape index (κ2) is 7.43. The fourth-order valence-corrected chi connectivity index (χ4v) is 1.83. The van der Waals surface area contributed by atoms with Gasteiger partial charge in [0.05, 0.1) is 6.61 Å². The Morgan fingerprint density at radius 3 is 2.67 bits per heavy atom. The highest BCUT2D eigenvalue weighted by atomic mass is 19.1. The zero-order valence-corrected chi connectivity index (χ0v) is 11.9. The van der Waals surface area contributed by atoms with Gasteiger partial charge in [0.25, 0.3) is 0 Å². The van der Waals surface area contributed by atoms with E-state index in [1.807, 2.05) is 30.3 Å². The Kier molecular flexibility index (Phi) is 5.32. The Bertz CT molecular complexity index is 599. The van der Waals surface area contributed by atoms with E-state index < -0.39 is 0 Å². The molecule has 0 aliphatic heterocycles. The third kappa shape index (κ3) is 4.91. The Hall–Kier alpha value is -2.36. The lowest BCUT2D eigenvalue weighted by atomic mass is 10.2. The van der Waals surface area contributed by atoms with Crippen molar-refractivity contribution in [2.24, 2.45) is 0 Å². The van der Waals surface area contributed by atoms with Crippen LogP contribution in [0.25, 0.3) is 0 Å². The van der Waals surface area contributed by atoms with Crippen molar-refractivity contribution in [3.05, 3.63) is 59.9 Å². The Morgan fingerprint density at radius 2 is 1.95 bits per heavy atom. The average molecular weight is 287 g/mol. The lowest BCUT2D eigenvalue weighted by molar-refractivity contribution is -0.116. The number of nitrogens with one attached hydrogen (secondary N) is 1. The molecule has 4 heteroatoms. The average Bonchev–Trinajstić information content (AvgIpc) is 2.49. The molecule has 0 aromatic heterocycles. The van der Waals surface area contributed by atoms with Crippen LogP contribution < -0.4 is 10.1 Å². The van der Waals surface area contributed by atoms with Gasteiger partial charge in [0.15, 0.2) is 0 Å². The van der Waals surface area contributed by atoms with Crippen molar-refractivity contribution in [3.63, 3.8) is 0 Å². The van der Waals surface area contributed by atoms with Crippen LogP contribution in [0.3, 0.4) is 0 Å². The number of aryl methyl sites for hydroxylation is 1. The molecule has 0 bridgehead atoms. The summed E-state index contributed by atoms with van der Waals surface area (Å²) in [6.07, 6.45) is 0.942. The number of hydrogen-bond donors (Lipinski definition) is 1. The largest absolute Gasteiger partial charge is 0.494 e. The number of ether oxygens (including phenoxy) is 1. The van der Waals surface area contributed by atoms with Gasteiger partial charge in [0, 0.05) is 12.1 Å². The van der Waals surface area contributed by atoms with Gasteiger partial charge in [-0.15, -0.1) is 0 Å². The summed E-state index contributed by atoms with van der Waals surface area (Å²) in [7, 11) is 0. The lowest BCUT2D eigenvalue weighted by Gasteiger charge is -2.07. The minimum atomic E-state index is -0.319. The minimum Gasteiger partial charge on any atom is -0.494 e. The number of amides is 1. The molecular weight excluding hydrogens is 269 g/mol. The molecule has 1 amide bonds. The van der Waals surface area contributed by atoms with Crippen LogP contribution in [0.1, 0.15) is 18.4 Å². The van der Waals surface area contributed by atoms with Gasteiger partial charge in [-0.3, -0.25) is 4.79 Å². The first kappa shape index (κ1) is 15.0. The quantitative estimate of drug-likeness (QED) is 0.817. The number of rotatable bonds is 6. The lowest BCUT2D eigenvalue weighted by Crippen LogP contribution is -2.13. The molecule has 0 spiro atoms. The predicted molar refractivity (Wildman–Crippen MR) is 80.9 cm³/mol. The second-order valence-corrected chi connectivity index (χ2v) is 4.78. The van der Waals surface area contributed by atoms with Crippen LogP contribution >= 0.6 is 0 Å². The highest BCUT2D eigenvalue weighted by molar-refractivity contribution is 5.90. The van der Waals surface area contributed by atoms with E-state index in [4.69, 9.17) is 4.74 Å². The van der Waals surface area contributed by atoms with Crippen LogP contribution in [0.2, 0.25) is 0 Å². The van der Waals surface area contributed by atoms with E-state index in [2.05, 4.69) is 5.32 Å². The van der Waals surface area contributed by atoms with Gasteiger partial charge >= 0.3 is 0 Å². The number of carbonyl (C=O) groups excluding carboxylic acids is 1. The smallest absolute Gasteiger partial charge is 0.224 e. The second-order valence-electron chi connectivity index (χ2n) is 4.78. The molecule has 0 atom stereocenters. The Balaban J connectivity index is 1.71. The first-order valence-corrected chi connectivity index (χ1v) is 6.89. The molecule has 110 valence electrons. The van der Waals surface area contributed by atoms with Crippen molar-refractivity contribution < 1.29 is 13.9 Å². The number of benzene rings is 2. The summed E-state index contributed by atoms with van der Waals surface area (Å²) in [5, 5.41) is 2.67. The van der Waals surface area contributed by atoms with E-state index in [0.29, 0.717) is 30.7 Å². The van der Waals surface area contributed by atoms with Crippen molar-refractivity contribution in [1.82, 2.24) is 0 Å². The minimum absolute atomic E-state index is 0.144. The predicted octanol–water partition coefficient (Wildman–Crippen LogP) is 3.93. The Labute approximate surface area is 123 Å². The van der Waals surface area contributed by atoms with Crippen molar-refractivity contribution in [3.8, 4) is 5.75 Å². The molecule has 0 radical (unpaired) electrons. The third-order valence-electron chi connectivity index (χ3n) is 3.02. The van der Waals surface area contributed by atoms with E-state index in [-0.39, 0.29) is 11.7 Å². The SMILES string of the molecule is Cc1ccc(NC(=O)CCCOc2ccccc2)cc1F. The fraction of sp³-hybridized carbons (Fsp3) is 0.235. The molecule has 0 heterocycles. The van der Waals surface area contributed by atoms with Crippen LogP contribution in [0.4, 0.5) is 10.1 Å². The molecule has 0 saturated carbocycles. The monoisotopic (exact) mass is 287 g/mol. The third-order valence-corrected chi connectivity index (χ3v) is 3.02. The van der Waals surface area contributed by atoms with Gasteiger partial charge < -0.3 is 10.1 Å². The van der Waals surface area contributed by atoms with Gasteiger partial charge in [-0.25, -0.2) is 4.39 Å². The van der Waals surface area contributed by atoms with Crippen LogP contribution in [0.15, 0.2) is 48.5 Å². The summed E-state index contributed by atoms with van der Waals surface area (Å²) in [4.78, 5) is 11.7. The van der Waals surface area contributed by atoms with E-state index in [0.717, 1.165) is 5.75 Å². The first-order valence-electron chi connectivity index (χ1n) is 6.89. The van der Waals surface area contributed by atoms with Crippen molar-refractivity contribution in [2.45, 2.75) is 19.8 Å². The standard InChI is InChI=1S/C17H18FNO2/c1-13-9-10-14(12-16(13)18)19-17(20)8-5-11-21-15-6-3-2-4-7-15/h2-4,6-7,9-10,12H,5,8,11H2,1H3,(H,19,20). The highest BCUT2D eigenvalue weighted by Gasteiger charge is 2.04. The number of hydrogen-bond acceptors (Lipinski definition) is 2. The molecule has 0 unspecified atom stereocenters. The van der Waals surface area contributed by atoms with E-state index in [1.165, 1.54) is 6.07 Å². The van der Waals surface area contributed by atoms with E-state index in [1.54, 1.807) is 19.1 Å². The van der Waals surface area contributed by atoms with Crippen molar-refractivity contribution in [1.29, 1.82) is 0 Å². The summed E-state index contributed by atoms with van der Waals surface area (Å²) in [5.41, 5.74) is 1.04. The fourth-order valence-electron chi connectivity index (χ4n) is 1.83. The molecule has 1 N–H and O–H groups in total. The summed E-state index contributed by atoms with van der Waals surface area (Å²) in [5.74, 6) is 0.327. The molecule has 21 heavy (non-hydrogen) atoms. The van der Waals surface area contributed by atoms with Crippen LogP contribution in [0.5, 0.6) is 5.75 Å².